The molecule has 2 unspecified atom stereocenters. The first-order valence-electron chi connectivity index (χ1n) is 5.80. The van der Waals surface area contributed by atoms with Crippen LogP contribution in [-0.2, 0) is 15.7 Å². The number of aliphatic hydroxyl groups excluding tert-OH is 2. The summed E-state index contributed by atoms with van der Waals surface area (Å²) in [6.45, 7) is 0. The van der Waals surface area contributed by atoms with Gasteiger partial charge in [0.2, 0.25) is 0 Å². The number of esters is 1. The highest BCUT2D eigenvalue weighted by molar-refractivity contribution is 5.75. The molecule has 0 aliphatic carbocycles. The Hall–Kier alpha value is -1.93. The molecule has 5 nitrogen and oxygen atoms in total. The van der Waals surface area contributed by atoms with E-state index in [0.29, 0.717) is 6.07 Å². The lowest BCUT2D eigenvalue weighted by Gasteiger charge is -2.21. The Bertz CT molecular complexity index is 527. The summed E-state index contributed by atoms with van der Waals surface area (Å²) in [5, 5.41) is 19.4. The van der Waals surface area contributed by atoms with Gasteiger partial charge in [0.15, 0.2) is 0 Å². The Balaban J connectivity index is 3.16. The summed E-state index contributed by atoms with van der Waals surface area (Å²) in [7, 11) is 1.04. The summed E-state index contributed by atoms with van der Waals surface area (Å²) in [4.78, 5) is 21.5. The van der Waals surface area contributed by atoms with Gasteiger partial charge in [-0.15, -0.1) is 0 Å². The fourth-order valence-corrected chi connectivity index (χ4v) is 1.72. The van der Waals surface area contributed by atoms with Crippen LogP contribution in [0.15, 0.2) is 18.2 Å². The molecule has 0 aromatic heterocycles. The van der Waals surface area contributed by atoms with Crippen LogP contribution in [-0.4, -0.2) is 35.7 Å². The molecule has 2 atom stereocenters. The summed E-state index contributed by atoms with van der Waals surface area (Å²) < 4.78 is 43.0. The van der Waals surface area contributed by atoms with Gasteiger partial charge in [-0.2, -0.15) is 13.2 Å². The summed E-state index contributed by atoms with van der Waals surface area (Å²) in [5.74, 6) is -0.875. The lowest BCUT2D eigenvalue weighted by atomic mass is 9.95. The van der Waals surface area contributed by atoms with Crippen molar-refractivity contribution >= 4 is 12.3 Å². The van der Waals surface area contributed by atoms with Gasteiger partial charge in [-0.1, -0.05) is 12.1 Å². The highest BCUT2D eigenvalue weighted by atomic mass is 19.4. The Kier molecular flexibility index (Phi) is 5.45. The Morgan fingerprint density at radius 3 is 2.48 bits per heavy atom. The summed E-state index contributed by atoms with van der Waals surface area (Å²) in [6, 6.07) is 2.53. The molecule has 0 heterocycles. The number of hydrogen-bond acceptors (Lipinski definition) is 5. The van der Waals surface area contributed by atoms with Crippen LogP contribution in [0, 0.1) is 0 Å². The third-order valence-corrected chi connectivity index (χ3v) is 2.81. The summed E-state index contributed by atoms with van der Waals surface area (Å²) in [6.07, 6.45) is -8.96. The monoisotopic (exact) mass is 306 g/mol. The molecule has 0 saturated heterocycles. The van der Waals surface area contributed by atoms with Crippen molar-refractivity contribution in [3.05, 3.63) is 34.9 Å². The van der Waals surface area contributed by atoms with Gasteiger partial charge >= 0.3 is 12.1 Å². The third kappa shape index (κ3) is 4.27. The van der Waals surface area contributed by atoms with Crippen LogP contribution in [0.1, 0.15) is 34.0 Å². The average molecular weight is 306 g/mol. The van der Waals surface area contributed by atoms with Gasteiger partial charge in [-0.3, -0.25) is 9.59 Å². The predicted molar refractivity (Wildman–Crippen MR) is 64.4 cm³/mol. The van der Waals surface area contributed by atoms with Crippen molar-refractivity contribution in [3.8, 4) is 0 Å². The average Bonchev–Trinajstić information content (AvgIpc) is 2.44. The van der Waals surface area contributed by atoms with E-state index < -0.39 is 41.9 Å². The molecule has 0 aliphatic rings. The van der Waals surface area contributed by atoms with E-state index >= 15 is 0 Å². The maximum atomic E-state index is 12.9. The van der Waals surface area contributed by atoms with Crippen LogP contribution in [0.3, 0.4) is 0 Å². The second-order valence-electron chi connectivity index (χ2n) is 4.25. The number of aldehydes is 1. The van der Waals surface area contributed by atoms with E-state index in [0.717, 1.165) is 19.2 Å². The van der Waals surface area contributed by atoms with Crippen molar-refractivity contribution in [1.82, 2.24) is 0 Å². The molecule has 0 radical (unpaired) electrons. The summed E-state index contributed by atoms with van der Waals surface area (Å²) in [5.41, 5.74) is -2.09. The van der Waals surface area contributed by atoms with Gasteiger partial charge in [-0.25, -0.2) is 0 Å². The first-order chi connectivity index (χ1) is 9.70. The molecular weight excluding hydrogens is 293 g/mol. The Morgan fingerprint density at radius 2 is 2.00 bits per heavy atom. The van der Waals surface area contributed by atoms with Crippen LogP contribution < -0.4 is 0 Å². The molecule has 8 heteroatoms. The number of methoxy groups -OCH3 is 1. The molecule has 1 aromatic rings. The van der Waals surface area contributed by atoms with Crippen molar-refractivity contribution in [3.63, 3.8) is 0 Å². The van der Waals surface area contributed by atoms with Gasteiger partial charge in [0.25, 0.3) is 0 Å². The molecule has 0 aliphatic heterocycles. The quantitative estimate of drug-likeness (QED) is 0.636. The normalized spacial score (nSPS) is 14.4. The van der Waals surface area contributed by atoms with Crippen molar-refractivity contribution in [2.75, 3.05) is 7.11 Å². The number of carbonyl (C=O) groups excluding carboxylic acids is 2. The topological polar surface area (TPSA) is 83.8 Å². The number of ether oxygens (including phenoxy) is 1. The first-order valence-corrected chi connectivity index (χ1v) is 5.80. The van der Waals surface area contributed by atoms with Gasteiger partial charge in [0, 0.05) is 5.56 Å². The molecule has 21 heavy (non-hydrogen) atoms. The molecule has 116 valence electrons. The van der Waals surface area contributed by atoms with E-state index in [9.17, 15) is 33.0 Å². The molecular formula is C13H13F3O5. The molecule has 1 aromatic carbocycles. The SMILES string of the molecule is COC(=O)CC(O)C(O)c1ccc(C=O)cc1C(F)(F)F. The summed E-state index contributed by atoms with van der Waals surface area (Å²) >= 11 is 0. The number of carbonyl (C=O) groups is 2. The molecule has 0 fully saturated rings. The number of benzene rings is 1. The minimum atomic E-state index is -4.82. The van der Waals surface area contributed by atoms with E-state index in [-0.39, 0.29) is 11.8 Å². The molecule has 0 spiro atoms. The number of aliphatic hydroxyl groups is 2. The van der Waals surface area contributed by atoms with Crippen molar-refractivity contribution in [2.24, 2.45) is 0 Å². The largest absolute Gasteiger partial charge is 0.469 e. The lowest BCUT2D eigenvalue weighted by Crippen LogP contribution is -2.25. The molecule has 2 N–H and O–H groups in total. The second kappa shape index (κ2) is 6.68. The van der Waals surface area contributed by atoms with Crippen molar-refractivity contribution in [2.45, 2.75) is 24.8 Å². The molecule has 1 rings (SSSR count). The number of rotatable bonds is 5. The minimum Gasteiger partial charge on any atom is -0.469 e. The fourth-order valence-electron chi connectivity index (χ4n) is 1.72. The van der Waals surface area contributed by atoms with Gasteiger partial charge in [-0.05, 0) is 11.6 Å². The van der Waals surface area contributed by atoms with E-state index in [1.54, 1.807) is 0 Å². The van der Waals surface area contributed by atoms with Gasteiger partial charge in [0.05, 0.1) is 25.2 Å². The Morgan fingerprint density at radius 1 is 1.38 bits per heavy atom. The smallest absolute Gasteiger partial charge is 0.416 e. The molecule has 0 saturated carbocycles. The van der Waals surface area contributed by atoms with Crippen LogP contribution in [0.4, 0.5) is 13.2 Å². The standard InChI is InChI=1S/C13H13F3O5/c1-21-11(19)5-10(18)12(20)8-3-2-7(6-17)4-9(8)13(14,15)16/h2-4,6,10,12,18,20H,5H2,1H3. The molecule has 0 amide bonds. The van der Waals surface area contributed by atoms with E-state index in [4.69, 9.17) is 0 Å². The minimum absolute atomic E-state index is 0.222. The maximum Gasteiger partial charge on any atom is 0.416 e. The molecule has 0 bridgehead atoms. The predicted octanol–water partition coefficient (Wildman–Crippen LogP) is 1.48. The van der Waals surface area contributed by atoms with Crippen LogP contribution in [0.2, 0.25) is 0 Å². The highest BCUT2D eigenvalue weighted by Crippen LogP contribution is 2.36. The number of hydrogen-bond donors (Lipinski definition) is 2. The number of halogens is 3. The van der Waals surface area contributed by atoms with Crippen LogP contribution in [0.5, 0.6) is 0 Å². The van der Waals surface area contributed by atoms with E-state index in [1.165, 1.54) is 0 Å². The van der Waals surface area contributed by atoms with E-state index in [2.05, 4.69) is 4.74 Å². The zero-order valence-electron chi connectivity index (χ0n) is 10.9. The highest BCUT2D eigenvalue weighted by Gasteiger charge is 2.37. The fraction of sp³-hybridized carbons (Fsp3) is 0.385. The van der Waals surface area contributed by atoms with Crippen molar-refractivity contribution in [1.29, 1.82) is 0 Å². The van der Waals surface area contributed by atoms with Crippen LogP contribution >= 0.6 is 0 Å². The van der Waals surface area contributed by atoms with Gasteiger partial charge < -0.3 is 14.9 Å². The Labute approximate surface area is 118 Å². The lowest BCUT2D eigenvalue weighted by molar-refractivity contribution is -0.145. The zero-order chi connectivity index (χ0) is 16.2. The first kappa shape index (κ1) is 17.1. The van der Waals surface area contributed by atoms with E-state index in [1.807, 2.05) is 0 Å². The third-order valence-electron chi connectivity index (χ3n) is 2.81. The maximum absolute atomic E-state index is 12.9. The van der Waals surface area contributed by atoms with Crippen LogP contribution in [0.25, 0.3) is 0 Å². The van der Waals surface area contributed by atoms with Gasteiger partial charge in [0.1, 0.15) is 12.4 Å². The zero-order valence-corrected chi connectivity index (χ0v) is 10.9. The van der Waals surface area contributed by atoms with Crippen molar-refractivity contribution < 1.29 is 37.7 Å². The number of alkyl halides is 3. The second-order valence-corrected chi connectivity index (χ2v) is 4.25.